The van der Waals surface area contributed by atoms with E-state index >= 15 is 0 Å². The van der Waals surface area contributed by atoms with Crippen molar-refractivity contribution >= 4 is 5.91 Å². The molecule has 0 aliphatic carbocycles. The van der Waals surface area contributed by atoms with Crippen LogP contribution in [0.4, 0.5) is 0 Å². The summed E-state index contributed by atoms with van der Waals surface area (Å²) in [5.41, 5.74) is 5.50. The van der Waals surface area contributed by atoms with Crippen molar-refractivity contribution in [1.29, 1.82) is 0 Å². The Bertz CT molecular complexity index is 230. The average molecular weight is 257 g/mol. The number of carbonyl (C=O) groups excluding carboxylic acids is 1. The number of hydrogen-bond acceptors (Lipinski definition) is 4. The van der Waals surface area contributed by atoms with Gasteiger partial charge in [0, 0.05) is 26.2 Å². The van der Waals surface area contributed by atoms with E-state index in [0.29, 0.717) is 19.7 Å². The summed E-state index contributed by atoms with van der Waals surface area (Å²) in [4.78, 5) is 13.9. The van der Waals surface area contributed by atoms with Crippen LogP contribution in [-0.2, 0) is 9.53 Å². The zero-order valence-corrected chi connectivity index (χ0v) is 11.5. The van der Waals surface area contributed by atoms with Crippen LogP contribution >= 0.6 is 0 Å². The molecule has 5 nitrogen and oxygen atoms in total. The number of carbonyl (C=O) groups is 1. The van der Waals surface area contributed by atoms with Gasteiger partial charge in [-0.3, -0.25) is 4.79 Å². The van der Waals surface area contributed by atoms with Gasteiger partial charge in [-0.2, -0.15) is 0 Å². The van der Waals surface area contributed by atoms with Crippen LogP contribution in [0.5, 0.6) is 0 Å². The molecule has 0 bridgehead atoms. The molecule has 1 aliphatic rings. The molecule has 18 heavy (non-hydrogen) atoms. The Kier molecular flexibility index (Phi) is 7.96. The second kappa shape index (κ2) is 9.30. The lowest BCUT2D eigenvalue weighted by Gasteiger charge is -2.27. The third-order valence-electron chi connectivity index (χ3n) is 3.38. The van der Waals surface area contributed by atoms with Crippen molar-refractivity contribution in [2.75, 3.05) is 39.9 Å². The molecule has 1 amide bonds. The van der Waals surface area contributed by atoms with Crippen LogP contribution in [0.1, 0.15) is 32.1 Å². The lowest BCUT2D eigenvalue weighted by Crippen LogP contribution is -2.45. The van der Waals surface area contributed by atoms with Gasteiger partial charge in [0.05, 0.1) is 13.2 Å². The summed E-state index contributed by atoms with van der Waals surface area (Å²) in [5.74, 6) is 0.212. The molecule has 0 aromatic heterocycles. The second-order valence-electron chi connectivity index (χ2n) is 4.91. The lowest BCUT2D eigenvalue weighted by molar-refractivity contribution is -0.131. The average Bonchev–Trinajstić information content (AvgIpc) is 2.42. The fourth-order valence-electron chi connectivity index (χ4n) is 2.30. The predicted octanol–water partition coefficient (Wildman–Crippen LogP) is 0.342. The Balaban J connectivity index is 2.24. The third-order valence-corrected chi connectivity index (χ3v) is 3.38. The van der Waals surface area contributed by atoms with E-state index in [1.54, 1.807) is 7.11 Å². The number of methoxy groups -OCH3 is 1. The van der Waals surface area contributed by atoms with Crippen molar-refractivity contribution in [1.82, 2.24) is 10.2 Å². The Hall–Kier alpha value is -0.650. The molecule has 1 aliphatic heterocycles. The first-order chi connectivity index (χ1) is 8.77. The van der Waals surface area contributed by atoms with E-state index in [1.165, 1.54) is 6.42 Å². The smallest absolute Gasteiger partial charge is 0.236 e. The highest BCUT2D eigenvalue weighted by molar-refractivity contribution is 5.78. The Labute approximate surface area is 110 Å². The number of nitrogens with one attached hydrogen (secondary N) is 1. The van der Waals surface area contributed by atoms with E-state index < -0.39 is 0 Å². The number of likely N-dealkylation sites (tertiary alicyclic amines) is 1. The zero-order chi connectivity index (χ0) is 13.2. The first kappa shape index (κ1) is 15.4. The monoisotopic (exact) mass is 257 g/mol. The van der Waals surface area contributed by atoms with E-state index in [1.807, 2.05) is 4.90 Å². The predicted molar refractivity (Wildman–Crippen MR) is 72.4 cm³/mol. The van der Waals surface area contributed by atoms with Crippen molar-refractivity contribution in [2.45, 2.75) is 38.1 Å². The van der Waals surface area contributed by atoms with Gasteiger partial charge in [0.25, 0.3) is 0 Å². The molecule has 0 aromatic carbocycles. The van der Waals surface area contributed by atoms with Crippen LogP contribution < -0.4 is 11.1 Å². The summed E-state index contributed by atoms with van der Waals surface area (Å²) < 4.78 is 5.15. The van der Waals surface area contributed by atoms with Gasteiger partial charge in [0.2, 0.25) is 5.91 Å². The van der Waals surface area contributed by atoms with Crippen LogP contribution in [0.3, 0.4) is 0 Å². The molecule has 1 rings (SSSR count). The molecule has 0 aromatic rings. The normalized spacial score (nSPS) is 17.8. The molecular formula is C13H27N3O2. The third kappa shape index (κ3) is 5.80. The van der Waals surface area contributed by atoms with Gasteiger partial charge in [-0.15, -0.1) is 0 Å². The number of nitrogens with two attached hydrogens (primary N) is 1. The van der Waals surface area contributed by atoms with Gasteiger partial charge in [-0.1, -0.05) is 0 Å². The Morgan fingerprint density at radius 2 is 2.11 bits per heavy atom. The van der Waals surface area contributed by atoms with Gasteiger partial charge < -0.3 is 20.7 Å². The van der Waals surface area contributed by atoms with E-state index in [2.05, 4.69) is 5.32 Å². The van der Waals surface area contributed by atoms with E-state index in [4.69, 9.17) is 10.5 Å². The summed E-state index contributed by atoms with van der Waals surface area (Å²) >= 11 is 0. The van der Waals surface area contributed by atoms with Crippen molar-refractivity contribution in [3.63, 3.8) is 0 Å². The molecule has 1 fully saturated rings. The first-order valence-corrected chi connectivity index (χ1v) is 6.98. The van der Waals surface area contributed by atoms with E-state index in [-0.39, 0.29) is 11.9 Å². The van der Waals surface area contributed by atoms with Gasteiger partial charge in [0.1, 0.15) is 0 Å². The molecule has 3 N–H and O–H groups in total. The molecule has 0 radical (unpaired) electrons. The number of nitrogens with zero attached hydrogens (tertiary/aromatic N) is 1. The quantitative estimate of drug-likeness (QED) is 0.658. The highest BCUT2D eigenvalue weighted by Gasteiger charge is 2.17. The maximum Gasteiger partial charge on any atom is 0.236 e. The summed E-state index contributed by atoms with van der Waals surface area (Å²) in [6.45, 7) is 3.56. The molecule has 5 heteroatoms. The standard InChI is InChI=1S/C13H27N3O2/c1-18-11-12(6-5-7-14)15-10-13(17)16-8-3-2-4-9-16/h12,15H,2-11,14H2,1H3. The van der Waals surface area contributed by atoms with Crippen LogP contribution in [0.25, 0.3) is 0 Å². The molecular weight excluding hydrogens is 230 g/mol. The summed E-state index contributed by atoms with van der Waals surface area (Å²) in [6.07, 6.45) is 5.44. The largest absolute Gasteiger partial charge is 0.383 e. The zero-order valence-electron chi connectivity index (χ0n) is 11.5. The molecule has 1 atom stereocenters. The van der Waals surface area contributed by atoms with Gasteiger partial charge in [0.15, 0.2) is 0 Å². The molecule has 1 unspecified atom stereocenters. The van der Waals surface area contributed by atoms with Gasteiger partial charge in [-0.25, -0.2) is 0 Å². The number of amides is 1. The topological polar surface area (TPSA) is 67.6 Å². The minimum absolute atomic E-state index is 0.212. The SMILES string of the molecule is COCC(CCCN)NCC(=O)N1CCCCC1. The minimum atomic E-state index is 0.212. The van der Waals surface area contributed by atoms with Crippen LogP contribution in [-0.4, -0.2) is 56.7 Å². The lowest BCUT2D eigenvalue weighted by atomic mass is 10.1. The van der Waals surface area contributed by atoms with E-state index in [9.17, 15) is 4.79 Å². The Morgan fingerprint density at radius 3 is 2.72 bits per heavy atom. The van der Waals surface area contributed by atoms with Crippen molar-refractivity contribution < 1.29 is 9.53 Å². The molecule has 1 heterocycles. The maximum atomic E-state index is 12.0. The first-order valence-electron chi connectivity index (χ1n) is 6.98. The molecule has 0 spiro atoms. The van der Waals surface area contributed by atoms with Gasteiger partial charge in [-0.05, 0) is 38.6 Å². The number of hydrogen-bond donors (Lipinski definition) is 2. The number of rotatable bonds is 8. The summed E-state index contributed by atoms with van der Waals surface area (Å²) in [6, 6.07) is 0.229. The fraction of sp³-hybridized carbons (Fsp3) is 0.923. The number of piperidine rings is 1. The molecule has 1 saturated heterocycles. The number of ether oxygens (including phenoxy) is 1. The van der Waals surface area contributed by atoms with Crippen LogP contribution in [0.15, 0.2) is 0 Å². The van der Waals surface area contributed by atoms with Crippen LogP contribution in [0.2, 0.25) is 0 Å². The van der Waals surface area contributed by atoms with E-state index in [0.717, 1.165) is 38.8 Å². The molecule has 106 valence electrons. The fourth-order valence-corrected chi connectivity index (χ4v) is 2.30. The highest BCUT2D eigenvalue weighted by atomic mass is 16.5. The van der Waals surface area contributed by atoms with Crippen LogP contribution in [0, 0.1) is 0 Å². The van der Waals surface area contributed by atoms with Gasteiger partial charge >= 0.3 is 0 Å². The van der Waals surface area contributed by atoms with Crippen molar-refractivity contribution in [2.24, 2.45) is 5.73 Å². The highest BCUT2D eigenvalue weighted by Crippen LogP contribution is 2.08. The van der Waals surface area contributed by atoms with Crippen molar-refractivity contribution in [3.05, 3.63) is 0 Å². The summed E-state index contributed by atoms with van der Waals surface area (Å²) in [7, 11) is 1.68. The minimum Gasteiger partial charge on any atom is -0.383 e. The second-order valence-corrected chi connectivity index (χ2v) is 4.91. The summed E-state index contributed by atoms with van der Waals surface area (Å²) in [5, 5.41) is 3.28. The maximum absolute atomic E-state index is 12.0. The Morgan fingerprint density at radius 1 is 1.39 bits per heavy atom. The molecule has 0 saturated carbocycles. The van der Waals surface area contributed by atoms with Crippen molar-refractivity contribution in [3.8, 4) is 0 Å².